The number of rotatable bonds is 3. The molecule has 0 fully saturated rings. The molecule has 0 aliphatic rings. The molecule has 0 aromatic carbocycles. The molecule has 0 bridgehead atoms. The molecule has 0 aromatic rings. The summed E-state index contributed by atoms with van der Waals surface area (Å²) in [4.78, 5) is 3.82. The number of hydrogen-bond donors (Lipinski definition) is 0. The van der Waals surface area contributed by atoms with Crippen molar-refractivity contribution < 1.29 is 0 Å². The molecule has 0 radical (unpaired) electrons. The minimum atomic E-state index is 1.02. The first-order valence-corrected chi connectivity index (χ1v) is 4.09. The topological polar surface area (TPSA) is 12.4 Å². The summed E-state index contributed by atoms with van der Waals surface area (Å²) in [5.41, 5.74) is 1.22. The van der Waals surface area contributed by atoms with Crippen LogP contribution in [0.4, 0.5) is 0 Å². The third-order valence-corrected chi connectivity index (χ3v) is 1.11. The van der Waals surface area contributed by atoms with Crippen molar-refractivity contribution in [1.82, 2.24) is 0 Å². The van der Waals surface area contributed by atoms with E-state index in [-0.39, 0.29) is 0 Å². The van der Waals surface area contributed by atoms with Crippen LogP contribution in [0.5, 0.6) is 0 Å². The van der Waals surface area contributed by atoms with E-state index in [1.807, 2.05) is 26.0 Å². The lowest BCUT2D eigenvalue weighted by Gasteiger charge is -1.89. The summed E-state index contributed by atoms with van der Waals surface area (Å²) >= 11 is 0. The van der Waals surface area contributed by atoms with Gasteiger partial charge in [0.05, 0.1) is 0 Å². The molecule has 0 saturated carbocycles. The van der Waals surface area contributed by atoms with E-state index in [1.54, 1.807) is 13.3 Å². The highest BCUT2D eigenvalue weighted by molar-refractivity contribution is 5.72. The highest BCUT2D eigenvalue weighted by Gasteiger charge is 1.80. The first-order valence-electron chi connectivity index (χ1n) is 4.09. The Hall–Kier alpha value is -0.850. The standard InChI is InChI=1S/C8H13N.C2H6/c1-4-8(5-2)6-7-9-3;1-2/h4,6-7H,1,5H2,2-3H3;1-2H3/b8-6+,9-7?;. The highest BCUT2D eigenvalue weighted by Crippen LogP contribution is 1.98. The average Bonchev–Trinajstić information content (AvgIpc) is 2.10. The van der Waals surface area contributed by atoms with Gasteiger partial charge in [-0.25, -0.2) is 0 Å². The molecule has 64 valence electrons. The number of aliphatic imine (C=N–C) groups is 1. The van der Waals surface area contributed by atoms with Crippen LogP contribution in [0.15, 0.2) is 29.3 Å². The van der Waals surface area contributed by atoms with Crippen LogP contribution < -0.4 is 0 Å². The van der Waals surface area contributed by atoms with E-state index in [4.69, 9.17) is 0 Å². The molecule has 0 aliphatic carbocycles. The molecule has 0 rings (SSSR count). The van der Waals surface area contributed by atoms with Gasteiger partial charge in [0.1, 0.15) is 0 Å². The Morgan fingerprint density at radius 1 is 1.45 bits per heavy atom. The number of hydrogen-bond acceptors (Lipinski definition) is 1. The van der Waals surface area contributed by atoms with Gasteiger partial charge < -0.3 is 0 Å². The molecule has 0 heterocycles. The highest BCUT2D eigenvalue weighted by atomic mass is 14.6. The molecule has 0 atom stereocenters. The molecular weight excluding hydrogens is 134 g/mol. The average molecular weight is 153 g/mol. The Kier molecular flexibility index (Phi) is 13.8. The van der Waals surface area contributed by atoms with Crippen molar-refractivity contribution in [3.05, 3.63) is 24.3 Å². The van der Waals surface area contributed by atoms with Crippen molar-refractivity contribution in [2.45, 2.75) is 27.2 Å². The van der Waals surface area contributed by atoms with Gasteiger partial charge in [0.2, 0.25) is 0 Å². The first kappa shape index (κ1) is 12.8. The van der Waals surface area contributed by atoms with Gasteiger partial charge in [-0.3, -0.25) is 4.99 Å². The first-order chi connectivity index (χ1) is 5.35. The van der Waals surface area contributed by atoms with E-state index in [0.29, 0.717) is 0 Å². The third-order valence-electron chi connectivity index (χ3n) is 1.11. The van der Waals surface area contributed by atoms with E-state index in [2.05, 4.69) is 18.5 Å². The van der Waals surface area contributed by atoms with Gasteiger partial charge in [0, 0.05) is 13.3 Å². The molecule has 0 aliphatic heterocycles. The molecule has 0 amide bonds. The molecule has 1 nitrogen and oxygen atoms in total. The lowest BCUT2D eigenvalue weighted by molar-refractivity contribution is 1.15. The second-order valence-corrected chi connectivity index (χ2v) is 1.71. The van der Waals surface area contributed by atoms with Crippen molar-refractivity contribution in [1.29, 1.82) is 0 Å². The van der Waals surface area contributed by atoms with Gasteiger partial charge in [-0.05, 0) is 18.1 Å². The maximum absolute atomic E-state index is 3.82. The summed E-state index contributed by atoms with van der Waals surface area (Å²) < 4.78 is 0. The van der Waals surface area contributed by atoms with Crippen LogP contribution in [-0.4, -0.2) is 13.3 Å². The van der Waals surface area contributed by atoms with Gasteiger partial charge in [-0.15, -0.1) is 0 Å². The SMILES string of the molecule is C=C/C(=C\C=NC)CC.CC. The van der Waals surface area contributed by atoms with Crippen molar-refractivity contribution in [2.24, 2.45) is 4.99 Å². The van der Waals surface area contributed by atoms with Crippen molar-refractivity contribution in [2.75, 3.05) is 7.05 Å². The number of nitrogens with zero attached hydrogens (tertiary/aromatic N) is 1. The smallest absolute Gasteiger partial charge is 0.0277 e. The fourth-order valence-electron chi connectivity index (χ4n) is 0.501. The van der Waals surface area contributed by atoms with Gasteiger partial charge >= 0.3 is 0 Å². The molecule has 0 spiro atoms. The third kappa shape index (κ3) is 9.15. The molecule has 0 aromatic heterocycles. The monoisotopic (exact) mass is 153 g/mol. The zero-order chi connectivity index (χ0) is 9.11. The summed E-state index contributed by atoms with van der Waals surface area (Å²) in [5, 5.41) is 0. The molecule has 0 saturated heterocycles. The van der Waals surface area contributed by atoms with Crippen LogP contribution in [0, 0.1) is 0 Å². The molecule has 0 unspecified atom stereocenters. The second-order valence-electron chi connectivity index (χ2n) is 1.71. The summed E-state index contributed by atoms with van der Waals surface area (Å²) in [6.45, 7) is 9.75. The van der Waals surface area contributed by atoms with Crippen molar-refractivity contribution >= 4 is 6.21 Å². The Balaban J connectivity index is 0. The van der Waals surface area contributed by atoms with Crippen molar-refractivity contribution in [3.63, 3.8) is 0 Å². The Morgan fingerprint density at radius 2 is 2.00 bits per heavy atom. The normalized spacial score (nSPS) is 10.7. The minimum absolute atomic E-state index is 1.02. The Morgan fingerprint density at radius 3 is 2.27 bits per heavy atom. The van der Waals surface area contributed by atoms with Crippen LogP contribution in [0.2, 0.25) is 0 Å². The van der Waals surface area contributed by atoms with E-state index >= 15 is 0 Å². The van der Waals surface area contributed by atoms with E-state index in [9.17, 15) is 0 Å². The van der Waals surface area contributed by atoms with Crippen LogP contribution in [-0.2, 0) is 0 Å². The van der Waals surface area contributed by atoms with Gasteiger partial charge in [0.25, 0.3) is 0 Å². The second kappa shape index (κ2) is 11.9. The zero-order valence-electron chi connectivity index (χ0n) is 8.09. The fourth-order valence-corrected chi connectivity index (χ4v) is 0.501. The number of allylic oxidation sites excluding steroid dienone is 3. The maximum Gasteiger partial charge on any atom is 0.0277 e. The molecule has 0 N–H and O–H groups in total. The van der Waals surface area contributed by atoms with Crippen LogP contribution >= 0.6 is 0 Å². The summed E-state index contributed by atoms with van der Waals surface area (Å²) in [6.07, 6.45) is 6.62. The summed E-state index contributed by atoms with van der Waals surface area (Å²) in [5.74, 6) is 0. The lowest BCUT2D eigenvalue weighted by Crippen LogP contribution is -1.73. The van der Waals surface area contributed by atoms with Crippen LogP contribution in [0.25, 0.3) is 0 Å². The minimum Gasteiger partial charge on any atom is -0.297 e. The Bertz CT molecular complexity index is 132. The molecule has 1 heteroatoms. The summed E-state index contributed by atoms with van der Waals surface area (Å²) in [6, 6.07) is 0. The van der Waals surface area contributed by atoms with Gasteiger partial charge in [0.15, 0.2) is 0 Å². The predicted molar refractivity (Wildman–Crippen MR) is 54.3 cm³/mol. The predicted octanol–water partition coefficient (Wildman–Crippen LogP) is 3.24. The van der Waals surface area contributed by atoms with Crippen LogP contribution in [0.1, 0.15) is 27.2 Å². The van der Waals surface area contributed by atoms with Gasteiger partial charge in [-0.1, -0.05) is 33.4 Å². The van der Waals surface area contributed by atoms with E-state index in [1.165, 1.54) is 5.57 Å². The van der Waals surface area contributed by atoms with E-state index < -0.39 is 0 Å². The maximum atomic E-state index is 3.82. The molecule has 11 heavy (non-hydrogen) atoms. The van der Waals surface area contributed by atoms with Gasteiger partial charge in [-0.2, -0.15) is 0 Å². The lowest BCUT2D eigenvalue weighted by atomic mass is 10.2. The van der Waals surface area contributed by atoms with E-state index in [0.717, 1.165) is 6.42 Å². The van der Waals surface area contributed by atoms with Crippen molar-refractivity contribution in [3.8, 4) is 0 Å². The quantitative estimate of drug-likeness (QED) is 0.436. The van der Waals surface area contributed by atoms with Crippen LogP contribution in [0.3, 0.4) is 0 Å². The Labute approximate surface area is 70.5 Å². The summed E-state index contributed by atoms with van der Waals surface area (Å²) in [7, 11) is 1.76. The zero-order valence-corrected chi connectivity index (χ0v) is 8.09. The molecular formula is C10H19N. The fraction of sp³-hybridized carbons (Fsp3) is 0.500. The largest absolute Gasteiger partial charge is 0.297 e.